The van der Waals surface area contributed by atoms with E-state index in [1.165, 1.54) is 6.26 Å². The Morgan fingerprint density at radius 2 is 1.77 bits per heavy atom. The normalized spacial score (nSPS) is 30.9. The van der Waals surface area contributed by atoms with Gasteiger partial charge in [-0.15, -0.1) is 0 Å². The van der Waals surface area contributed by atoms with Gasteiger partial charge in [0.25, 0.3) is 0 Å². The second-order valence-electron chi connectivity index (χ2n) is 3.77. The van der Waals surface area contributed by atoms with Crippen LogP contribution in [0, 0.1) is 5.92 Å². The fourth-order valence-corrected chi connectivity index (χ4v) is 3.01. The highest BCUT2D eigenvalue weighted by Crippen LogP contribution is 2.26. The van der Waals surface area contributed by atoms with Crippen molar-refractivity contribution in [3.63, 3.8) is 0 Å². The summed E-state index contributed by atoms with van der Waals surface area (Å²) in [5.41, 5.74) is 0. The van der Waals surface area contributed by atoms with Crippen LogP contribution in [0.2, 0.25) is 0 Å². The molecule has 0 amide bonds. The molecule has 76 valence electrons. The summed E-state index contributed by atoms with van der Waals surface area (Å²) in [6.07, 6.45) is 6.82. The highest BCUT2D eigenvalue weighted by atomic mass is 32.2. The second kappa shape index (κ2) is 4.22. The van der Waals surface area contributed by atoms with Crippen molar-refractivity contribution in [2.24, 2.45) is 10.9 Å². The SMILES string of the molecule is CN=CC1CCC(S(C)(=O)=O)CC1. The lowest BCUT2D eigenvalue weighted by Gasteiger charge is -2.24. The van der Waals surface area contributed by atoms with Gasteiger partial charge in [-0.1, -0.05) is 0 Å². The molecule has 0 saturated heterocycles. The van der Waals surface area contributed by atoms with E-state index in [0.717, 1.165) is 25.7 Å². The average Bonchev–Trinajstić information content (AvgIpc) is 2.04. The molecule has 13 heavy (non-hydrogen) atoms. The number of rotatable bonds is 2. The molecule has 0 heterocycles. The molecule has 0 radical (unpaired) electrons. The molecule has 0 aliphatic heterocycles. The molecule has 0 aromatic heterocycles. The number of sulfone groups is 1. The summed E-state index contributed by atoms with van der Waals surface area (Å²) in [5.74, 6) is 0.503. The van der Waals surface area contributed by atoms with Crippen molar-refractivity contribution in [1.29, 1.82) is 0 Å². The Morgan fingerprint density at radius 3 is 2.15 bits per heavy atom. The summed E-state index contributed by atoms with van der Waals surface area (Å²) >= 11 is 0. The summed E-state index contributed by atoms with van der Waals surface area (Å²) < 4.78 is 22.4. The lowest BCUT2D eigenvalue weighted by atomic mass is 9.90. The zero-order chi connectivity index (χ0) is 9.90. The Labute approximate surface area is 80.2 Å². The molecule has 0 aromatic carbocycles. The molecule has 1 fully saturated rings. The molecule has 1 aliphatic carbocycles. The molecule has 0 unspecified atom stereocenters. The summed E-state index contributed by atoms with van der Waals surface area (Å²) in [6, 6.07) is 0. The predicted molar refractivity (Wildman–Crippen MR) is 55.0 cm³/mol. The van der Waals surface area contributed by atoms with Gasteiger partial charge in [-0.05, 0) is 31.6 Å². The van der Waals surface area contributed by atoms with E-state index in [1.807, 2.05) is 6.21 Å². The number of nitrogens with zero attached hydrogens (tertiary/aromatic N) is 1. The van der Waals surface area contributed by atoms with Crippen LogP contribution in [0.15, 0.2) is 4.99 Å². The van der Waals surface area contributed by atoms with Crippen LogP contribution in [0.3, 0.4) is 0 Å². The van der Waals surface area contributed by atoms with E-state index in [4.69, 9.17) is 0 Å². The van der Waals surface area contributed by atoms with Gasteiger partial charge in [0.05, 0.1) is 5.25 Å². The molecule has 0 aromatic rings. The van der Waals surface area contributed by atoms with Crippen molar-refractivity contribution >= 4 is 16.1 Å². The monoisotopic (exact) mass is 203 g/mol. The molecule has 1 saturated carbocycles. The van der Waals surface area contributed by atoms with Crippen LogP contribution < -0.4 is 0 Å². The predicted octanol–water partition coefficient (Wildman–Crippen LogP) is 1.29. The summed E-state index contributed by atoms with van der Waals surface area (Å²) in [7, 11) is -1.04. The first-order valence-corrected chi connectivity index (χ1v) is 6.60. The van der Waals surface area contributed by atoms with Gasteiger partial charge < -0.3 is 4.99 Å². The topological polar surface area (TPSA) is 46.5 Å². The molecule has 0 bridgehead atoms. The second-order valence-corrected chi connectivity index (χ2v) is 6.10. The van der Waals surface area contributed by atoms with Crippen LogP contribution in [0.5, 0.6) is 0 Å². The fraction of sp³-hybridized carbons (Fsp3) is 0.889. The van der Waals surface area contributed by atoms with Crippen LogP contribution >= 0.6 is 0 Å². The van der Waals surface area contributed by atoms with Gasteiger partial charge >= 0.3 is 0 Å². The molecular weight excluding hydrogens is 186 g/mol. The van der Waals surface area contributed by atoms with E-state index in [2.05, 4.69) is 4.99 Å². The summed E-state index contributed by atoms with van der Waals surface area (Å²) in [4.78, 5) is 3.97. The molecule has 0 N–H and O–H groups in total. The largest absolute Gasteiger partial charge is 0.301 e. The maximum Gasteiger partial charge on any atom is 0.150 e. The highest BCUT2D eigenvalue weighted by molar-refractivity contribution is 7.91. The minimum Gasteiger partial charge on any atom is -0.301 e. The lowest BCUT2D eigenvalue weighted by molar-refractivity contribution is 0.437. The molecule has 3 nitrogen and oxygen atoms in total. The maximum atomic E-state index is 11.2. The Bertz CT molecular complexity index is 274. The van der Waals surface area contributed by atoms with Crippen molar-refractivity contribution in [3.8, 4) is 0 Å². The van der Waals surface area contributed by atoms with Crippen molar-refractivity contribution in [2.75, 3.05) is 13.3 Å². The van der Waals surface area contributed by atoms with Gasteiger partial charge in [0.2, 0.25) is 0 Å². The summed E-state index contributed by atoms with van der Waals surface area (Å²) in [6.45, 7) is 0. The summed E-state index contributed by atoms with van der Waals surface area (Å²) in [5, 5.41) is -0.103. The standard InChI is InChI=1S/C9H17NO2S/c1-10-7-8-3-5-9(6-4-8)13(2,11)12/h7-9H,3-6H2,1-2H3. The molecule has 0 atom stereocenters. The van der Waals surface area contributed by atoms with Crippen molar-refractivity contribution in [2.45, 2.75) is 30.9 Å². The van der Waals surface area contributed by atoms with E-state index >= 15 is 0 Å². The Kier molecular flexibility index (Phi) is 3.47. The third kappa shape index (κ3) is 3.10. The van der Waals surface area contributed by atoms with Crippen LogP contribution in [-0.4, -0.2) is 33.2 Å². The van der Waals surface area contributed by atoms with E-state index < -0.39 is 9.84 Å². The molecule has 1 aliphatic rings. The number of hydrogen-bond donors (Lipinski definition) is 0. The fourth-order valence-electron chi connectivity index (χ4n) is 1.88. The minimum atomic E-state index is -2.81. The quantitative estimate of drug-likeness (QED) is 0.635. The lowest BCUT2D eigenvalue weighted by Crippen LogP contribution is -2.26. The van der Waals surface area contributed by atoms with Crippen molar-refractivity contribution in [3.05, 3.63) is 0 Å². The maximum absolute atomic E-state index is 11.2. The molecule has 1 rings (SSSR count). The van der Waals surface area contributed by atoms with E-state index in [-0.39, 0.29) is 5.25 Å². The van der Waals surface area contributed by atoms with E-state index in [0.29, 0.717) is 5.92 Å². The number of hydrogen-bond acceptors (Lipinski definition) is 3. The molecule has 0 spiro atoms. The van der Waals surface area contributed by atoms with Gasteiger partial charge in [-0.25, -0.2) is 8.42 Å². The zero-order valence-electron chi connectivity index (χ0n) is 8.23. The smallest absolute Gasteiger partial charge is 0.150 e. The van der Waals surface area contributed by atoms with Crippen molar-refractivity contribution in [1.82, 2.24) is 0 Å². The van der Waals surface area contributed by atoms with Gasteiger partial charge in [0.15, 0.2) is 0 Å². The van der Waals surface area contributed by atoms with Crippen LogP contribution in [0.1, 0.15) is 25.7 Å². The van der Waals surface area contributed by atoms with Gasteiger partial charge in [0, 0.05) is 19.5 Å². The van der Waals surface area contributed by atoms with Crippen LogP contribution in [0.25, 0.3) is 0 Å². The highest BCUT2D eigenvalue weighted by Gasteiger charge is 2.26. The van der Waals surface area contributed by atoms with E-state index in [9.17, 15) is 8.42 Å². The molecular formula is C9H17NO2S. The van der Waals surface area contributed by atoms with Crippen molar-refractivity contribution < 1.29 is 8.42 Å². The first kappa shape index (κ1) is 10.7. The zero-order valence-corrected chi connectivity index (χ0v) is 9.05. The first-order chi connectivity index (χ1) is 6.04. The Balaban J connectivity index is 2.48. The van der Waals surface area contributed by atoms with Crippen LogP contribution in [0.4, 0.5) is 0 Å². The van der Waals surface area contributed by atoms with Gasteiger partial charge in [-0.3, -0.25) is 0 Å². The van der Waals surface area contributed by atoms with Gasteiger partial charge in [0.1, 0.15) is 9.84 Å². The Morgan fingerprint density at radius 1 is 1.23 bits per heavy atom. The molecule has 4 heteroatoms. The Hall–Kier alpha value is -0.380. The number of aliphatic imine (C=N–C) groups is 1. The third-order valence-corrected chi connectivity index (χ3v) is 4.37. The average molecular weight is 203 g/mol. The van der Waals surface area contributed by atoms with Crippen LogP contribution in [-0.2, 0) is 9.84 Å². The first-order valence-electron chi connectivity index (χ1n) is 4.65. The third-order valence-electron chi connectivity index (χ3n) is 2.68. The minimum absolute atomic E-state index is 0.103. The van der Waals surface area contributed by atoms with E-state index in [1.54, 1.807) is 7.05 Å². The van der Waals surface area contributed by atoms with Gasteiger partial charge in [-0.2, -0.15) is 0 Å².